The van der Waals surface area contributed by atoms with Crippen LogP contribution in [0.3, 0.4) is 0 Å². The topological polar surface area (TPSA) is 135 Å². The van der Waals surface area contributed by atoms with Crippen molar-refractivity contribution < 1.29 is 4.79 Å². The molecule has 1 amide bonds. The van der Waals surface area contributed by atoms with E-state index >= 15 is 0 Å². The van der Waals surface area contributed by atoms with Gasteiger partial charge in [0, 0.05) is 22.6 Å². The molecule has 0 spiro atoms. The van der Waals surface area contributed by atoms with Crippen LogP contribution in [0.25, 0.3) is 27.4 Å². The van der Waals surface area contributed by atoms with Crippen LogP contribution in [0.2, 0.25) is 0 Å². The van der Waals surface area contributed by atoms with E-state index in [-0.39, 0.29) is 5.70 Å². The molecule has 6 N–H and O–H groups in total. The molecule has 25 heavy (non-hydrogen) atoms. The largest absolute Gasteiger partial charge is 0.394 e. The first-order chi connectivity index (χ1) is 12.1. The highest BCUT2D eigenvalue weighted by Gasteiger charge is 2.23. The molecule has 0 aliphatic heterocycles. The number of rotatable bonds is 3. The molecule has 7 heteroatoms. The summed E-state index contributed by atoms with van der Waals surface area (Å²) in [6.07, 6.45) is 6.78. The molecule has 0 saturated carbocycles. The number of primary amides is 1. The second-order valence-electron chi connectivity index (χ2n) is 6.25. The van der Waals surface area contributed by atoms with Gasteiger partial charge in [0.05, 0.1) is 22.9 Å². The number of aryl methyl sites for hydroxylation is 1. The van der Waals surface area contributed by atoms with Crippen LogP contribution in [-0.2, 0) is 17.6 Å². The summed E-state index contributed by atoms with van der Waals surface area (Å²) in [6.45, 7) is 0. The molecular formula is C18H18N6O. The fraction of sp³-hybridized carbons (Fsp3) is 0.222. The summed E-state index contributed by atoms with van der Waals surface area (Å²) in [5.74, 6) is -0.741. The lowest BCUT2D eigenvalue weighted by Crippen LogP contribution is -2.23. The van der Waals surface area contributed by atoms with Gasteiger partial charge in [0.25, 0.3) is 5.91 Å². The van der Waals surface area contributed by atoms with Gasteiger partial charge in [-0.15, -0.1) is 0 Å². The summed E-state index contributed by atoms with van der Waals surface area (Å²) in [4.78, 5) is 16.3. The van der Waals surface area contributed by atoms with Crippen LogP contribution in [0.4, 0.5) is 0 Å². The summed E-state index contributed by atoms with van der Waals surface area (Å²) in [5, 5.41) is 17.0. The lowest BCUT2D eigenvalue weighted by molar-refractivity contribution is -0.114. The number of carbonyl (C=O) groups is 1. The Morgan fingerprint density at radius 2 is 1.96 bits per heavy atom. The fourth-order valence-corrected chi connectivity index (χ4v) is 3.68. The highest BCUT2D eigenvalue weighted by atomic mass is 16.1. The van der Waals surface area contributed by atoms with Gasteiger partial charge < -0.3 is 16.9 Å². The minimum Gasteiger partial charge on any atom is -0.394 e. The molecule has 0 radical (unpaired) electrons. The monoisotopic (exact) mass is 334 g/mol. The number of fused-ring (bicyclic) bond motifs is 5. The predicted octanol–water partition coefficient (Wildman–Crippen LogP) is 1.79. The SMILES string of the molecule is N=CC(=C(N)C(N)=O)c1nc2ccc3[nH]ncc3c2c2c1CCCC2. The second-order valence-corrected chi connectivity index (χ2v) is 6.25. The molecular weight excluding hydrogens is 316 g/mol. The van der Waals surface area contributed by atoms with Crippen molar-refractivity contribution in [2.45, 2.75) is 25.7 Å². The van der Waals surface area contributed by atoms with E-state index in [1.54, 1.807) is 0 Å². The Morgan fingerprint density at radius 1 is 1.20 bits per heavy atom. The Hall–Kier alpha value is -3.22. The smallest absolute Gasteiger partial charge is 0.265 e. The number of H-pyrrole nitrogens is 1. The van der Waals surface area contributed by atoms with Gasteiger partial charge in [-0.25, -0.2) is 4.98 Å². The van der Waals surface area contributed by atoms with Crippen LogP contribution in [0.5, 0.6) is 0 Å². The lowest BCUT2D eigenvalue weighted by Gasteiger charge is -2.22. The molecule has 0 unspecified atom stereocenters. The summed E-state index contributed by atoms with van der Waals surface area (Å²) in [5.41, 5.74) is 16.0. The average molecular weight is 334 g/mol. The number of nitrogens with one attached hydrogen (secondary N) is 2. The average Bonchev–Trinajstić information content (AvgIpc) is 3.10. The van der Waals surface area contributed by atoms with Crippen molar-refractivity contribution in [2.24, 2.45) is 11.5 Å². The van der Waals surface area contributed by atoms with Crippen molar-refractivity contribution in [3.05, 3.63) is 40.8 Å². The second kappa shape index (κ2) is 5.70. The number of hydrogen-bond acceptors (Lipinski definition) is 5. The quantitative estimate of drug-likeness (QED) is 0.429. The van der Waals surface area contributed by atoms with Gasteiger partial charge in [0.1, 0.15) is 5.70 Å². The van der Waals surface area contributed by atoms with Crippen LogP contribution in [0.1, 0.15) is 29.7 Å². The number of nitrogens with zero attached hydrogens (tertiary/aromatic N) is 2. The number of pyridine rings is 1. The zero-order chi connectivity index (χ0) is 17.6. The number of amides is 1. The molecule has 1 aliphatic carbocycles. The van der Waals surface area contributed by atoms with Crippen molar-refractivity contribution >= 4 is 39.5 Å². The van der Waals surface area contributed by atoms with Gasteiger partial charge in [-0.05, 0) is 48.9 Å². The number of hydrogen-bond donors (Lipinski definition) is 4. The molecule has 0 atom stereocenters. The van der Waals surface area contributed by atoms with E-state index in [2.05, 4.69) is 10.2 Å². The van der Waals surface area contributed by atoms with Gasteiger partial charge >= 0.3 is 0 Å². The number of allylic oxidation sites excluding steroid dienone is 1. The Labute approximate surface area is 143 Å². The first-order valence-corrected chi connectivity index (χ1v) is 8.19. The highest BCUT2D eigenvalue weighted by molar-refractivity contribution is 6.18. The molecule has 3 aromatic rings. The maximum atomic E-state index is 11.5. The lowest BCUT2D eigenvalue weighted by atomic mass is 9.85. The number of aromatic nitrogens is 3. The van der Waals surface area contributed by atoms with E-state index in [0.717, 1.165) is 59.3 Å². The summed E-state index contributed by atoms with van der Waals surface area (Å²) >= 11 is 0. The zero-order valence-electron chi connectivity index (χ0n) is 13.6. The molecule has 4 rings (SSSR count). The van der Waals surface area contributed by atoms with Crippen LogP contribution in [0, 0.1) is 5.41 Å². The fourth-order valence-electron chi connectivity index (χ4n) is 3.68. The van der Waals surface area contributed by atoms with Crippen molar-refractivity contribution in [2.75, 3.05) is 0 Å². The summed E-state index contributed by atoms with van der Waals surface area (Å²) in [7, 11) is 0. The Balaban J connectivity index is 2.13. The highest BCUT2D eigenvalue weighted by Crippen LogP contribution is 2.36. The van der Waals surface area contributed by atoms with Crippen molar-refractivity contribution in [1.29, 1.82) is 5.41 Å². The van der Waals surface area contributed by atoms with Crippen LogP contribution in [-0.4, -0.2) is 27.3 Å². The van der Waals surface area contributed by atoms with Gasteiger partial charge in [0.2, 0.25) is 0 Å². The van der Waals surface area contributed by atoms with Crippen molar-refractivity contribution in [3.8, 4) is 0 Å². The van der Waals surface area contributed by atoms with E-state index in [4.69, 9.17) is 21.9 Å². The van der Waals surface area contributed by atoms with E-state index in [1.807, 2.05) is 18.3 Å². The molecule has 0 bridgehead atoms. The van der Waals surface area contributed by atoms with Crippen LogP contribution in [0.15, 0.2) is 24.0 Å². The number of carbonyl (C=O) groups excluding carboxylic acids is 1. The number of aromatic amines is 1. The minimum atomic E-state index is -0.741. The molecule has 1 aromatic carbocycles. The van der Waals surface area contributed by atoms with Gasteiger partial charge in [-0.3, -0.25) is 9.89 Å². The van der Waals surface area contributed by atoms with Crippen LogP contribution >= 0.6 is 0 Å². The Kier molecular flexibility index (Phi) is 3.49. The molecule has 0 saturated heterocycles. The summed E-state index contributed by atoms with van der Waals surface area (Å²) < 4.78 is 0. The third-order valence-electron chi connectivity index (χ3n) is 4.84. The van der Waals surface area contributed by atoms with Crippen molar-refractivity contribution in [3.63, 3.8) is 0 Å². The maximum Gasteiger partial charge on any atom is 0.265 e. The first kappa shape index (κ1) is 15.3. The van der Waals surface area contributed by atoms with E-state index in [0.29, 0.717) is 11.3 Å². The molecule has 0 fully saturated rings. The Bertz CT molecular complexity index is 1060. The van der Waals surface area contributed by atoms with Crippen LogP contribution < -0.4 is 11.5 Å². The van der Waals surface area contributed by atoms with E-state index < -0.39 is 5.91 Å². The van der Waals surface area contributed by atoms with Gasteiger partial charge in [0.15, 0.2) is 0 Å². The number of benzene rings is 1. The zero-order valence-corrected chi connectivity index (χ0v) is 13.6. The van der Waals surface area contributed by atoms with Gasteiger partial charge in [-0.2, -0.15) is 5.10 Å². The molecule has 126 valence electrons. The predicted molar refractivity (Wildman–Crippen MR) is 97.1 cm³/mol. The van der Waals surface area contributed by atoms with E-state index in [9.17, 15) is 4.79 Å². The van der Waals surface area contributed by atoms with E-state index in [1.165, 1.54) is 5.56 Å². The molecule has 2 heterocycles. The normalized spacial score (nSPS) is 15.0. The third-order valence-corrected chi connectivity index (χ3v) is 4.84. The minimum absolute atomic E-state index is 0.126. The first-order valence-electron chi connectivity index (χ1n) is 8.19. The third kappa shape index (κ3) is 2.27. The standard InChI is InChI=1S/C18H18N6O/c19-7-11(16(20)18(21)25)17-10-4-2-1-3-9(10)15-12-8-22-24-13(12)5-6-14(15)23-17/h5-8,19H,1-4,20H2,(H2,21,25)(H,22,24). The molecule has 7 nitrogen and oxygen atoms in total. The molecule has 1 aliphatic rings. The summed E-state index contributed by atoms with van der Waals surface area (Å²) in [6, 6.07) is 3.86. The maximum absolute atomic E-state index is 11.5. The molecule has 2 aromatic heterocycles. The van der Waals surface area contributed by atoms with Crippen molar-refractivity contribution in [1.82, 2.24) is 15.2 Å². The number of nitrogens with two attached hydrogens (primary N) is 2. The van der Waals surface area contributed by atoms with Gasteiger partial charge in [-0.1, -0.05) is 0 Å². The Morgan fingerprint density at radius 3 is 2.68 bits per heavy atom.